The monoisotopic (exact) mass is 335 g/mol. The van der Waals surface area contributed by atoms with Crippen molar-refractivity contribution in [3.8, 4) is 0 Å². The number of carboxylic acid groups (broad SMARTS) is 1. The summed E-state index contributed by atoms with van der Waals surface area (Å²) in [6.45, 7) is 0.915. The summed E-state index contributed by atoms with van der Waals surface area (Å²) in [4.78, 5) is 15.3. The molecule has 2 aromatic carbocycles. The number of aliphatic carboxylic acids is 1. The molecule has 0 spiro atoms. The van der Waals surface area contributed by atoms with Crippen LogP contribution in [-0.2, 0) is 22.7 Å². The van der Waals surface area contributed by atoms with Crippen LogP contribution < -0.4 is 0 Å². The Hall–Kier alpha value is -2.99. The molecule has 1 aliphatic rings. The minimum Gasteiger partial charge on any atom is -0.479 e. The van der Waals surface area contributed by atoms with Crippen LogP contribution in [0.25, 0.3) is 10.9 Å². The van der Waals surface area contributed by atoms with Crippen LogP contribution in [0.4, 0.5) is 0 Å². The number of hydrogen-bond donors (Lipinski definition) is 1. The second kappa shape index (κ2) is 6.14. The zero-order valence-electron chi connectivity index (χ0n) is 13.5. The second-order valence-corrected chi connectivity index (χ2v) is 6.06. The molecular formula is C19H17N3O3. The Bertz CT molecular complexity index is 949. The van der Waals surface area contributed by atoms with E-state index < -0.39 is 11.6 Å². The molecule has 1 aromatic heterocycles. The van der Waals surface area contributed by atoms with Crippen LogP contribution >= 0.6 is 0 Å². The molecule has 0 saturated heterocycles. The average Bonchev–Trinajstić information content (AvgIpc) is 2.93. The summed E-state index contributed by atoms with van der Waals surface area (Å²) in [5.41, 5.74) is 1.56. The molecular weight excluding hydrogens is 318 g/mol. The van der Waals surface area contributed by atoms with Gasteiger partial charge in [0, 0.05) is 11.6 Å². The predicted molar refractivity (Wildman–Crippen MR) is 93.8 cm³/mol. The van der Waals surface area contributed by atoms with E-state index in [1.807, 2.05) is 47.1 Å². The number of rotatable bonds is 6. The Morgan fingerprint density at radius 2 is 1.88 bits per heavy atom. The van der Waals surface area contributed by atoms with E-state index in [2.05, 4.69) is 22.2 Å². The molecule has 25 heavy (non-hydrogen) atoms. The first-order chi connectivity index (χ1) is 12.2. The van der Waals surface area contributed by atoms with Gasteiger partial charge in [-0.3, -0.25) is 9.67 Å². The summed E-state index contributed by atoms with van der Waals surface area (Å²) in [6.07, 6.45) is 1.35. The number of aliphatic imine (C=N–C) groups is 1. The van der Waals surface area contributed by atoms with Gasteiger partial charge in [0.05, 0.1) is 30.9 Å². The quantitative estimate of drug-likeness (QED) is 0.751. The molecule has 1 aliphatic heterocycles. The van der Waals surface area contributed by atoms with Gasteiger partial charge in [-0.05, 0) is 11.6 Å². The number of aromatic nitrogens is 2. The largest absolute Gasteiger partial charge is 0.479 e. The fourth-order valence-electron chi connectivity index (χ4n) is 2.90. The molecule has 0 bridgehead atoms. The summed E-state index contributed by atoms with van der Waals surface area (Å²) >= 11 is 0. The zero-order valence-corrected chi connectivity index (χ0v) is 13.5. The van der Waals surface area contributed by atoms with Crippen LogP contribution in [0.5, 0.6) is 0 Å². The summed E-state index contributed by atoms with van der Waals surface area (Å²) < 4.78 is 7.58. The van der Waals surface area contributed by atoms with Gasteiger partial charge in [0.25, 0.3) is 0 Å². The lowest BCUT2D eigenvalue weighted by molar-refractivity contribution is -0.158. The maximum absolute atomic E-state index is 11.4. The van der Waals surface area contributed by atoms with Gasteiger partial charge in [0.2, 0.25) is 5.60 Å². The SMILES string of the molecule is O=C(O)C1(OCc2nn(Cc3ccccc3)c3ccccc23)C=NC1. The molecule has 2 heterocycles. The smallest absolute Gasteiger partial charge is 0.343 e. The second-order valence-electron chi connectivity index (χ2n) is 6.06. The molecule has 0 fully saturated rings. The molecule has 1 unspecified atom stereocenters. The predicted octanol–water partition coefficient (Wildman–Crippen LogP) is 2.51. The van der Waals surface area contributed by atoms with E-state index in [4.69, 9.17) is 4.74 Å². The van der Waals surface area contributed by atoms with Crippen molar-refractivity contribution in [2.45, 2.75) is 18.8 Å². The molecule has 0 saturated carbocycles. The fourth-order valence-corrected chi connectivity index (χ4v) is 2.90. The highest BCUT2D eigenvalue weighted by atomic mass is 16.5. The van der Waals surface area contributed by atoms with Crippen LogP contribution in [0.3, 0.4) is 0 Å². The molecule has 6 heteroatoms. The van der Waals surface area contributed by atoms with Gasteiger partial charge in [0.1, 0.15) is 0 Å². The highest BCUT2D eigenvalue weighted by molar-refractivity contribution is 6.01. The minimum atomic E-state index is -1.32. The molecule has 0 radical (unpaired) electrons. The van der Waals surface area contributed by atoms with E-state index in [1.54, 1.807) is 0 Å². The maximum atomic E-state index is 11.4. The Labute approximate surface area is 144 Å². The minimum absolute atomic E-state index is 0.126. The van der Waals surface area contributed by atoms with Crippen molar-refractivity contribution in [3.05, 3.63) is 65.9 Å². The van der Waals surface area contributed by atoms with E-state index >= 15 is 0 Å². The standard InChI is InChI=1S/C19H17N3O3/c23-18(24)19(12-20-13-19)25-11-16-15-8-4-5-9-17(15)22(21-16)10-14-6-2-1-3-7-14/h1-9,12H,10-11,13H2,(H,23,24). The molecule has 126 valence electrons. The third kappa shape index (κ3) is 2.81. The lowest BCUT2D eigenvalue weighted by Gasteiger charge is -2.29. The third-order valence-corrected chi connectivity index (χ3v) is 4.36. The van der Waals surface area contributed by atoms with Gasteiger partial charge in [-0.1, -0.05) is 48.5 Å². The van der Waals surface area contributed by atoms with Gasteiger partial charge >= 0.3 is 5.97 Å². The van der Waals surface area contributed by atoms with E-state index in [0.717, 1.165) is 22.2 Å². The molecule has 1 N–H and O–H groups in total. The Morgan fingerprint density at radius 3 is 2.56 bits per heavy atom. The highest BCUT2D eigenvalue weighted by Crippen LogP contribution is 2.24. The Balaban J connectivity index is 1.63. The highest BCUT2D eigenvalue weighted by Gasteiger charge is 2.43. The lowest BCUT2D eigenvalue weighted by atomic mass is 10.0. The third-order valence-electron chi connectivity index (χ3n) is 4.36. The van der Waals surface area contributed by atoms with Crippen molar-refractivity contribution in [2.24, 2.45) is 4.99 Å². The van der Waals surface area contributed by atoms with E-state index in [1.165, 1.54) is 6.21 Å². The summed E-state index contributed by atoms with van der Waals surface area (Å²) in [5.74, 6) is -1.02. The van der Waals surface area contributed by atoms with Crippen LogP contribution in [-0.4, -0.2) is 39.2 Å². The Morgan fingerprint density at radius 1 is 1.16 bits per heavy atom. The normalized spacial score (nSPS) is 19.0. The van der Waals surface area contributed by atoms with Crippen molar-refractivity contribution in [1.29, 1.82) is 0 Å². The van der Waals surface area contributed by atoms with Crippen LogP contribution in [0, 0.1) is 0 Å². The number of benzene rings is 2. The first kappa shape index (κ1) is 15.5. The number of para-hydroxylation sites is 1. The van der Waals surface area contributed by atoms with E-state index in [9.17, 15) is 9.90 Å². The Kier molecular flexibility index (Phi) is 3.82. The molecule has 4 rings (SSSR count). The van der Waals surface area contributed by atoms with Crippen LogP contribution in [0.15, 0.2) is 59.6 Å². The topological polar surface area (TPSA) is 76.7 Å². The number of ether oxygens (including phenoxy) is 1. The van der Waals surface area contributed by atoms with Crippen LogP contribution in [0.2, 0.25) is 0 Å². The number of carbonyl (C=O) groups is 1. The first-order valence-electron chi connectivity index (χ1n) is 8.05. The van der Waals surface area contributed by atoms with Crippen molar-refractivity contribution in [1.82, 2.24) is 9.78 Å². The maximum Gasteiger partial charge on any atom is 0.343 e. The average molecular weight is 335 g/mol. The summed E-state index contributed by atoms with van der Waals surface area (Å²) in [7, 11) is 0. The number of nitrogens with zero attached hydrogens (tertiary/aromatic N) is 3. The lowest BCUT2D eigenvalue weighted by Crippen LogP contribution is -2.51. The molecule has 0 amide bonds. The molecule has 3 aromatic rings. The first-order valence-corrected chi connectivity index (χ1v) is 8.05. The van der Waals surface area contributed by atoms with Gasteiger partial charge < -0.3 is 9.84 Å². The van der Waals surface area contributed by atoms with E-state index in [-0.39, 0.29) is 13.2 Å². The van der Waals surface area contributed by atoms with Crippen molar-refractivity contribution in [2.75, 3.05) is 6.54 Å². The van der Waals surface area contributed by atoms with Gasteiger partial charge in [-0.15, -0.1) is 0 Å². The van der Waals surface area contributed by atoms with Crippen molar-refractivity contribution >= 4 is 23.1 Å². The van der Waals surface area contributed by atoms with Crippen molar-refractivity contribution < 1.29 is 14.6 Å². The van der Waals surface area contributed by atoms with Crippen LogP contribution in [0.1, 0.15) is 11.3 Å². The number of fused-ring (bicyclic) bond motifs is 1. The summed E-state index contributed by atoms with van der Waals surface area (Å²) in [6, 6.07) is 18.0. The molecule has 6 nitrogen and oxygen atoms in total. The fraction of sp³-hybridized carbons (Fsp3) is 0.211. The molecule has 1 atom stereocenters. The number of carboxylic acids is 1. The number of hydrogen-bond acceptors (Lipinski definition) is 4. The molecule has 0 aliphatic carbocycles. The van der Waals surface area contributed by atoms with E-state index in [0.29, 0.717) is 6.54 Å². The summed E-state index contributed by atoms with van der Waals surface area (Å²) in [5, 5.41) is 15.0. The van der Waals surface area contributed by atoms with Gasteiger partial charge in [-0.2, -0.15) is 5.10 Å². The van der Waals surface area contributed by atoms with Crippen molar-refractivity contribution in [3.63, 3.8) is 0 Å². The van der Waals surface area contributed by atoms with Gasteiger partial charge in [0.15, 0.2) is 0 Å². The van der Waals surface area contributed by atoms with Gasteiger partial charge in [-0.25, -0.2) is 4.79 Å². The zero-order chi connectivity index (χ0) is 17.3.